The lowest BCUT2D eigenvalue weighted by Crippen LogP contribution is -2.22. The Balaban J connectivity index is 2.32. The van der Waals surface area contributed by atoms with Gasteiger partial charge >= 0.3 is 0 Å². The molecule has 0 saturated carbocycles. The topological polar surface area (TPSA) is 103 Å². The normalized spacial score (nSPS) is 10.1. The second-order valence-corrected chi connectivity index (χ2v) is 5.27. The first kappa shape index (κ1) is 18.3. The predicted octanol–water partition coefficient (Wildman–Crippen LogP) is 2.16. The van der Waals surface area contributed by atoms with Crippen molar-refractivity contribution in [1.29, 1.82) is 0 Å². The maximum absolute atomic E-state index is 12.7. The minimum Gasteiger partial charge on any atom is -0.496 e. The van der Waals surface area contributed by atoms with Gasteiger partial charge in [-0.15, -0.1) is 0 Å². The van der Waals surface area contributed by atoms with Gasteiger partial charge in [0.25, 0.3) is 5.91 Å². The van der Waals surface area contributed by atoms with Gasteiger partial charge in [-0.3, -0.25) is 9.59 Å². The van der Waals surface area contributed by atoms with Gasteiger partial charge in [-0.05, 0) is 36.8 Å². The minimum atomic E-state index is -0.375. The number of benzene rings is 2. The van der Waals surface area contributed by atoms with Crippen LogP contribution in [-0.2, 0) is 4.79 Å². The number of aryl methyl sites for hydroxylation is 1. The molecule has 0 atom stereocenters. The van der Waals surface area contributed by atoms with E-state index >= 15 is 0 Å². The van der Waals surface area contributed by atoms with E-state index in [9.17, 15) is 9.59 Å². The van der Waals surface area contributed by atoms with Crippen molar-refractivity contribution in [3.8, 4) is 11.5 Å². The number of methoxy groups -OCH3 is 2. The third-order valence-electron chi connectivity index (χ3n) is 3.61. The summed E-state index contributed by atoms with van der Waals surface area (Å²) in [5.41, 5.74) is 7.54. The Morgan fingerprint density at radius 2 is 1.68 bits per heavy atom. The first-order valence-electron chi connectivity index (χ1n) is 7.63. The van der Waals surface area contributed by atoms with Crippen molar-refractivity contribution >= 4 is 23.2 Å². The Morgan fingerprint density at radius 3 is 2.24 bits per heavy atom. The number of carbonyl (C=O) groups excluding carboxylic acids is 2. The molecule has 4 N–H and O–H groups in total. The molecular formula is C18H21N3O4. The van der Waals surface area contributed by atoms with E-state index in [1.165, 1.54) is 14.2 Å². The lowest BCUT2D eigenvalue weighted by atomic mass is 10.1. The fraction of sp³-hybridized carbons (Fsp3) is 0.222. The lowest BCUT2D eigenvalue weighted by molar-refractivity contribution is -0.114. The summed E-state index contributed by atoms with van der Waals surface area (Å²) in [7, 11) is 2.97. The maximum atomic E-state index is 12.7. The van der Waals surface area contributed by atoms with Crippen LogP contribution in [0.15, 0.2) is 36.4 Å². The van der Waals surface area contributed by atoms with E-state index in [4.69, 9.17) is 15.2 Å². The number of anilines is 2. The fourth-order valence-electron chi connectivity index (χ4n) is 2.31. The summed E-state index contributed by atoms with van der Waals surface area (Å²) in [6, 6.07) is 10.3. The van der Waals surface area contributed by atoms with Crippen molar-refractivity contribution in [3.05, 3.63) is 47.5 Å². The van der Waals surface area contributed by atoms with Gasteiger partial charge in [-0.25, -0.2) is 0 Å². The third kappa shape index (κ3) is 4.27. The Bertz CT molecular complexity index is 768. The molecule has 2 aromatic rings. The zero-order valence-corrected chi connectivity index (χ0v) is 14.4. The number of amides is 2. The molecule has 2 amide bonds. The van der Waals surface area contributed by atoms with Crippen LogP contribution in [0, 0.1) is 6.92 Å². The van der Waals surface area contributed by atoms with E-state index in [2.05, 4.69) is 10.6 Å². The van der Waals surface area contributed by atoms with Gasteiger partial charge in [0, 0.05) is 11.4 Å². The van der Waals surface area contributed by atoms with Gasteiger partial charge in [-0.1, -0.05) is 12.1 Å². The molecular weight excluding hydrogens is 322 g/mol. The molecule has 0 aliphatic heterocycles. The standard InChI is InChI=1S/C18H21N3O4/c1-11-7-8-12(20-16(22)10-19)9-13(11)21-18(23)17-14(24-2)5-4-6-15(17)25-3/h4-9H,10,19H2,1-3H3,(H,20,22)(H,21,23). The van der Waals surface area contributed by atoms with E-state index in [0.717, 1.165) is 5.56 Å². The van der Waals surface area contributed by atoms with Crippen LogP contribution in [0.2, 0.25) is 0 Å². The number of rotatable bonds is 6. The van der Waals surface area contributed by atoms with Crippen LogP contribution in [0.25, 0.3) is 0 Å². The molecule has 2 rings (SSSR count). The van der Waals surface area contributed by atoms with Crippen LogP contribution in [0.3, 0.4) is 0 Å². The molecule has 0 aliphatic rings. The molecule has 0 bridgehead atoms. The van der Waals surface area contributed by atoms with E-state index in [0.29, 0.717) is 28.4 Å². The van der Waals surface area contributed by atoms with E-state index in [1.54, 1.807) is 36.4 Å². The third-order valence-corrected chi connectivity index (χ3v) is 3.61. The van der Waals surface area contributed by atoms with Crippen LogP contribution < -0.4 is 25.8 Å². The fourth-order valence-corrected chi connectivity index (χ4v) is 2.31. The van der Waals surface area contributed by atoms with Crippen LogP contribution in [0.4, 0.5) is 11.4 Å². The van der Waals surface area contributed by atoms with E-state index < -0.39 is 0 Å². The van der Waals surface area contributed by atoms with Gasteiger partial charge in [0.2, 0.25) is 5.91 Å². The van der Waals surface area contributed by atoms with Crippen LogP contribution in [-0.4, -0.2) is 32.6 Å². The van der Waals surface area contributed by atoms with Gasteiger partial charge < -0.3 is 25.8 Å². The molecule has 0 spiro atoms. The first-order valence-corrected chi connectivity index (χ1v) is 7.63. The Morgan fingerprint density at radius 1 is 1.04 bits per heavy atom. The average Bonchev–Trinajstić information content (AvgIpc) is 2.63. The van der Waals surface area contributed by atoms with Crippen molar-refractivity contribution in [1.82, 2.24) is 0 Å². The van der Waals surface area contributed by atoms with E-state index in [-0.39, 0.29) is 18.4 Å². The summed E-state index contributed by atoms with van der Waals surface area (Å²) >= 11 is 0. The zero-order valence-electron chi connectivity index (χ0n) is 14.4. The molecule has 7 heteroatoms. The van der Waals surface area contributed by atoms with Crippen molar-refractivity contribution in [2.45, 2.75) is 6.92 Å². The molecule has 0 aromatic heterocycles. The van der Waals surface area contributed by atoms with E-state index in [1.807, 2.05) is 6.92 Å². The molecule has 0 radical (unpaired) electrons. The quantitative estimate of drug-likeness (QED) is 0.746. The summed E-state index contributed by atoms with van der Waals surface area (Å²) in [5, 5.41) is 5.48. The molecule has 7 nitrogen and oxygen atoms in total. The summed E-state index contributed by atoms with van der Waals surface area (Å²) in [5.74, 6) is 0.122. The highest BCUT2D eigenvalue weighted by molar-refractivity contribution is 6.09. The number of nitrogens with one attached hydrogen (secondary N) is 2. The van der Waals surface area contributed by atoms with Gasteiger partial charge in [0.1, 0.15) is 17.1 Å². The summed E-state index contributed by atoms with van der Waals surface area (Å²) in [6.45, 7) is 1.73. The van der Waals surface area contributed by atoms with Crippen molar-refractivity contribution in [2.24, 2.45) is 5.73 Å². The number of hydrogen-bond donors (Lipinski definition) is 3. The van der Waals surface area contributed by atoms with Gasteiger partial charge in [-0.2, -0.15) is 0 Å². The van der Waals surface area contributed by atoms with Crippen molar-refractivity contribution in [3.63, 3.8) is 0 Å². The SMILES string of the molecule is COc1cccc(OC)c1C(=O)Nc1cc(NC(=O)CN)ccc1C. The van der Waals surface area contributed by atoms with Gasteiger partial charge in [0.15, 0.2) is 0 Å². The molecule has 0 aliphatic carbocycles. The average molecular weight is 343 g/mol. The highest BCUT2D eigenvalue weighted by Crippen LogP contribution is 2.30. The second-order valence-electron chi connectivity index (χ2n) is 5.27. The summed E-state index contributed by atoms with van der Waals surface area (Å²) in [4.78, 5) is 24.2. The Hall–Kier alpha value is -3.06. The number of carbonyl (C=O) groups is 2. The molecule has 0 heterocycles. The molecule has 25 heavy (non-hydrogen) atoms. The smallest absolute Gasteiger partial charge is 0.263 e. The predicted molar refractivity (Wildman–Crippen MR) is 96.4 cm³/mol. The highest BCUT2D eigenvalue weighted by atomic mass is 16.5. The molecule has 2 aromatic carbocycles. The monoisotopic (exact) mass is 343 g/mol. The molecule has 0 fully saturated rings. The van der Waals surface area contributed by atoms with Gasteiger partial charge in [0.05, 0.1) is 20.8 Å². The maximum Gasteiger partial charge on any atom is 0.263 e. The molecule has 0 saturated heterocycles. The number of ether oxygens (including phenoxy) is 2. The number of hydrogen-bond acceptors (Lipinski definition) is 5. The number of nitrogens with two attached hydrogens (primary N) is 1. The van der Waals surface area contributed by atoms with Crippen molar-refractivity contribution < 1.29 is 19.1 Å². The van der Waals surface area contributed by atoms with Crippen LogP contribution in [0.5, 0.6) is 11.5 Å². The van der Waals surface area contributed by atoms with Crippen LogP contribution in [0.1, 0.15) is 15.9 Å². The largest absolute Gasteiger partial charge is 0.496 e. The second kappa shape index (κ2) is 8.16. The van der Waals surface area contributed by atoms with Crippen molar-refractivity contribution in [2.75, 3.05) is 31.4 Å². The lowest BCUT2D eigenvalue weighted by Gasteiger charge is -2.15. The summed E-state index contributed by atoms with van der Waals surface area (Å²) < 4.78 is 10.5. The Kier molecular flexibility index (Phi) is 5.97. The minimum absolute atomic E-state index is 0.117. The zero-order chi connectivity index (χ0) is 18.4. The Labute approximate surface area is 146 Å². The first-order chi connectivity index (χ1) is 12.0. The molecule has 0 unspecified atom stereocenters. The highest BCUT2D eigenvalue weighted by Gasteiger charge is 2.19. The molecule has 132 valence electrons. The summed E-state index contributed by atoms with van der Waals surface area (Å²) in [6.07, 6.45) is 0. The van der Waals surface area contributed by atoms with Crippen LogP contribution >= 0.6 is 0 Å².